The van der Waals surface area contributed by atoms with Crippen molar-refractivity contribution in [2.75, 3.05) is 20.2 Å². The molecule has 0 atom stereocenters. The minimum atomic E-state index is -0.425. The molecule has 5 nitrogen and oxygen atoms in total. The van der Waals surface area contributed by atoms with E-state index in [1.54, 1.807) is 12.1 Å². The zero-order chi connectivity index (χ0) is 11.5. The van der Waals surface area contributed by atoms with Gasteiger partial charge in [-0.1, -0.05) is 12.1 Å². The first-order chi connectivity index (χ1) is 7.72. The van der Waals surface area contributed by atoms with Crippen LogP contribution in [0.3, 0.4) is 0 Å². The van der Waals surface area contributed by atoms with E-state index in [0.717, 1.165) is 24.2 Å². The van der Waals surface area contributed by atoms with E-state index in [9.17, 15) is 10.1 Å². The predicted octanol–water partition coefficient (Wildman–Crippen LogP) is 1.59. The van der Waals surface area contributed by atoms with Gasteiger partial charge in [-0.05, 0) is 17.2 Å². The Kier molecular flexibility index (Phi) is 2.87. The van der Waals surface area contributed by atoms with E-state index in [0.29, 0.717) is 5.75 Å². The number of rotatable bonds is 3. The third-order valence-corrected chi connectivity index (χ3v) is 2.55. The van der Waals surface area contributed by atoms with Crippen molar-refractivity contribution in [1.82, 2.24) is 5.32 Å². The number of nitrogens with one attached hydrogen (secondary N) is 1. The molecule has 0 unspecified atom stereocenters. The third-order valence-electron chi connectivity index (χ3n) is 2.55. The monoisotopic (exact) mass is 220 g/mol. The van der Waals surface area contributed by atoms with Crippen LogP contribution in [0.15, 0.2) is 24.3 Å². The van der Waals surface area contributed by atoms with Gasteiger partial charge in [0.1, 0.15) is 0 Å². The molecule has 1 aliphatic rings. The van der Waals surface area contributed by atoms with Crippen molar-refractivity contribution < 1.29 is 9.66 Å². The second-order valence-corrected chi connectivity index (χ2v) is 3.50. The van der Waals surface area contributed by atoms with Crippen LogP contribution in [0.2, 0.25) is 0 Å². The van der Waals surface area contributed by atoms with E-state index < -0.39 is 4.92 Å². The van der Waals surface area contributed by atoms with Crippen molar-refractivity contribution in [3.05, 3.63) is 40.0 Å². The molecule has 5 heteroatoms. The summed E-state index contributed by atoms with van der Waals surface area (Å²) in [7, 11) is 1.43. The normalized spacial score (nSPS) is 14.7. The highest BCUT2D eigenvalue weighted by Crippen LogP contribution is 2.30. The Morgan fingerprint density at radius 3 is 2.88 bits per heavy atom. The summed E-state index contributed by atoms with van der Waals surface area (Å²) >= 11 is 0. The predicted molar refractivity (Wildman–Crippen MR) is 60.5 cm³/mol. The molecule has 1 aromatic rings. The number of nitro groups is 1. The van der Waals surface area contributed by atoms with Gasteiger partial charge in [-0.2, -0.15) is 0 Å². The Hall–Kier alpha value is -1.88. The Morgan fingerprint density at radius 1 is 1.50 bits per heavy atom. The van der Waals surface area contributed by atoms with E-state index in [-0.39, 0.29) is 5.69 Å². The molecule has 0 saturated heterocycles. The fourth-order valence-corrected chi connectivity index (χ4v) is 1.73. The van der Waals surface area contributed by atoms with E-state index in [4.69, 9.17) is 4.74 Å². The van der Waals surface area contributed by atoms with E-state index in [1.165, 1.54) is 7.11 Å². The zero-order valence-electron chi connectivity index (χ0n) is 8.90. The second kappa shape index (κ2) is 4.32. The molecule has 0 aliphatic carbocycles. The van der Waals surface area contributed by atoms with Crippen LogP contribution in [0.1, 0.15) is 5.56 Å². The fourth-order valence-electron chi connectivity index (χ4n) is 1.73. The minimum Gasteiger partial charge on any atom is -0.490 e. The molecule has 0 aromatic heterocycles. The summed E-state index contributed by atoms with van der Waals surface area (Å²) in [4.78, 5) is 10.4. The minimum absolute atomic E-state index is 0.00722. The lowest BCUT2D eigenvalue weighted by Gasteiger charge is -2.05. The van der Waals surface area contributed by atoms with Crippen LogP contribution in [0.5, 0.6) is 5.75 Å². The molecule has 0 spiro atoms. The second-order valence-electron chi connectivity index (χ2n) is 3.50. The fraction of sp³-hybridized carbons (Fsp3) is 0.273. The van der Waals surface area contributed by atoms with Crippen LogP contribution < -0.4 is 10.1 Å². The van der Waals surface area contributed by atoms with Crippen molar-refractivity contribution in [3.63, 3.8) is 0 Å². The van der Waals surface area contributed by atoms with Gasteiger partial charge in [0.25, 0.3) is 0 Å². The van der Waals surface area contributed by atoms with Crippen molar-refractivity contribution in [3.8, 4) is 5.75 Å². The summed E-state index contributed by atoms with van der Waals surface area (Å²) < 4.78 is 4.95. The van der Waals surface area contributed by atoms with Crippen LogP contribution in [0.25, 0.3) is 5.57 Å². The summed E-state index contributed by atoms with van der Waals surface area (Å²) in [6.07, 6.45) is 2.03. The van der Waals surface area contributed by atoms with Gasteiger partial charge in [-0.3, -0.25) is 10.1 Å². The molecule has 0 saturated carbocycles. The number of nitrogens with zero attached hydrogens (tertiary/aromatic N) is 1. The van der Waals surface area contributed by atoms with Gasteiger partial charge in [-0.15, -0.1) is 0 Å². The largest absolute Gasteiger partial charge is 0.490 e. The van der Waals surface area contributed by atoms with Crippen LogP contribution >= 0.6 is 0 Å². The molecule has 16 heavy (non-hydrogen) atoms. The highest BCUT2D eigenvalue weighted by Gasteiger charge is 2.17. The van der Waals surface area contributed by atoms with Gasteiger partial charge < -0.3 is 10.1 Å². The topological polar surface area (TPSA) is 64.4 Å². The van der Waals surface area contributed by atoms with Crippen LogP contribution in [-0.2, 0) is 0 Å². The van der Waals surface area contributed by atoms with Crippen molar-refractivity contribution in [1.29, 1.82) is 0 Å². The van der Waals surface area contributed by atoms with E-state index in [1.807, 2.05) is 12.1 Å². The van der Waals surface area contributed by atoms with Crippen molar-refractivity contribution in [2.24, 2.45) is 0 Å². The lowest BCUT2D eigenvalue weighted by Crippen LogP contribution is -2.07. The van der Waals surface area contributed by atoms with Gasteiger partial charge in [0.15, 0.2) is 5.75 Å². The summed E-state index contributed by atoms with van der Waals surface area (Å²) in [6.45, 7) is 1.57. The van der Waals surface area contributed by atoms with E-state index >= 15 is 0 Å². The summed E-state index contributed by atoms with van der Waals surface area (Å²) in [5.74, 6) is 0.292. The lowest BCUT2D eigenvalue weighted by molar-refractivity contribution is -0.385. The van der Waals surface area contributed by atoms with Gasteiger partial charge in [0.2, 0.25) is 0 Å². The summed E-state index contributed by atoms with van der Waals surface area (Å²) in [6, 6.07) is 5.02. The smallest absolute Gasteiger partial charge is 0.311 e. The molecule has 1 aliphatic heterocycles. The maximum atomic E-state index is 10.8. The maximum absolute atomic E-state index is 10.8. The van der Waals surface area contributed by atoms with Gasteiger partial charge in [-0.25, -0.2) is 0 Å². The summed E-state index contributed by atoms with van der Waals surface area (Å²) in [5.41, 5.74) is 1.97. The van der Waals surface area contributed by atoms with E-state index in [2.05, 4.69) is 5.32 Å². The summed E-state index contributed by atoms with van der Waals surface area (Å²) in [5, 5.41) is 14.0. The van der Waals surface area contributed by atoms with Crippen molar-refractivity contribution >= 4 is 11.3 Å². The molecule has 1 aromatic carbocycles. The highest BCUT2D eigenvalue weighted by atomic mass is 16.6. The van der Waals surface area contributed by atoms with Gasteiger partial charge >= 0.3 is 5.69 Å². The maximum Gasteiger partial charge on any atom is 0.311 e. The van der Waals surface area contributed by atoms with Crippen LogP contribution in [0.4, 0.5) is 5.69 Å². The van der Waals surface area contributed by atoms with Gasteiger partial charge in [0, 0.05) is 19.2 Å². The lowest BCUT2D eigenvalue weighted by atomic mass is 10.1. The Bertz CT molecular complexity index is 455. The quantitative estimate of drug-likeness (QED) is 0.620. The molecule has 1 N–H and O–H groups in total. The number of methoxy groups -OCH3 is 1. The average Bonchev–Trinajstić information content (AvgIpc) is 2.81. The zero-order valence-corrected chi connectivity index (χ0v) is 8.90. The molecule has 0 amide bonds. The number of hydrogen-bond acceptors (Lipinski definition) is 4. The molecular formula is C11H12N2O3. The van der Waals surface area contributed by atoms with Crippen molar-refractivity contribution in [2.45, 2.75) is 0 Å². The molecule has 2 rings (SSSR count). The first kappa shape index (κ1) is 10.6. The highest BCUT2D eigenvalue weighted by molar-refractivity contribution is 5.72. The molecule has 0 radical (unpaired) electrons. The van der Waals surface area contributed by atoms with Crippen LogP contribution in [0, 0.1) is 10.1 Å². The first-order valence-electron chi connectivity index (χ1n) is 4.95. The number of nitro benzene ring substituents is 1. The van der Waals surface area contributed by atoms with Gasteiger partial charge in [0.05, 0.1) is 12.0 Å². The number of benzene rings is 1. The van der Waals surface area contributed by atoms with Crippen LogP contribution in [-0.4, -0.2) is 25.1 Å². The molecule has 0 fully saturated rings. The average molecular weight is 220 g/mol. The number of hydrogen-bond donors (Lipinski definition) is 1. The molecular weight excluding hydrogens is 208 g/mol. The Balaban J connectivity index is 2.42. The third kappa shape index (κ3) is 1.90. The Morgan fingerprint density at radius 2 is 2.31 bits per heavy atom. The standard InChI is InChI=1S/C11H12N2O3/c1-16-11-3-2-8(6-10(11)13(14)15)9-4-5-12-7-9/h2-4,6,12H,5,7H2,1H3. The SMILES string of the molecule is COc1ccc(C2=CCNC2)cc1[N+](=O)[O-]. The molecule has 1 heterocycles. The molecule has 84 valence electrons. The molecule has 0 bridgehead atoms. The Labute approximate surface area is 92.9 Å². The number of ether oxygens (including phenoxy) is 1. The first-order valence-corrected chi connectivity index (χ1v) is 4.95.